The van der Waals surface area contributed by atoms with Gasteiger partial charge in [-0.3, -0.25) is 4.79 Å². The van der Waals surface area contributed by atoms with Crippen LogP contribution in [0, 0.1) is 0 Å². The molecule has 0 atom stereocenters. The van der Waals surface area contributed by atoms with Crippen LogP contribution in [-0.4, -0.2) is 34.4 Å². The van der Waals surface area contributed by atoms with Gasteiger partial charge in [0, 0.05) is 5.56 Å². The van der Waals surface area contributed by atoms with Gasteiger partial charge in [-0.1, -0.05) is 6.07 Å². The molecular weight excluding hydrogens is 214 g/mol. The van der Waals surface area contributed by atoms with Gasteiger partial charge in [0.25, 0.3) is 0 Å². The first-order chi connectivity index (χ1) is 7.56. The highest BCUT2D eigenvalue weighted by Gasteiger charge is 2.14. The van der Waals surface area contributed by atoms with Crippen LogP contribution < -0.4 is 10.5 Å². The Morgan fingerprint density at radius 2 is 2.06 bits per heavy atom. The van der Waals surface area contributed by atoms with Crippen LogP contribution in [0.1, 0.15) is 5.56 Å². The summed E-state index contributed by atoms with van der Waals surface area (Å²) in [6, 6.07) is 2.66. The van der Waals surface area contributed by atoms with E-state index in [2.05, 4.69) is 0 Å². The van der Waals surface area contributed by atoms with Crippen LogP contribution in [0.15, 0.2) is 12.1 Å². The van der Waals surface area contributed by atoms with Crippen LogP contribution in [-0.2, 0) is 11.2 Å². The van der Waals surface area contributed by atoms with Gasteiger partial charge in [0.15, 0.2) is 11.5 Å². The second-order valence-electron chi connectivity index (χ2n) is 3.14. The number of aliphatic hydroxyl groups is 1. The number of carbonyl (C=O) groups is 1. The molecule has 5 N–H and O–H groups in total. The smallest absolute Gasteiger partial charge is 0.221 e. The van der Waals surface area contributed by atoms with Crippen molar-refractivity contribution in [3.8, 4) is 17.2 Å². The zero-order chi connectivity index (χ0) is 12.1. The van der Waals surface area contributed by atoms with Gasteiger partial charge in [0.05, 0.1) is 13.0 Å². The monoisotopic (exact) mass is 227 g/mol. The van der Waals surface area contributed by atoms with Gasteiger partial charge in [-0.05, 0) is 6.07 Å². The number of aliphatic hydroxyl groups excluding tert-OH is 1. The highest BCUT2D eigenvalue weighted by molar-refractivity contribution is 5.78. The molecule has 0 saturated carbocycles. The minimum absolute atomic E-state index is 0.0683. The number of primary amides is 1. The average molecular weight is 227 g/mol. The lowest BCUT2D eigenvalue weighted by Gasteiger charge is -2.11. The Balaban J connectivity index is 3.01. The highest BCUT2D eigenvalue weighted by Crippen LogP contribution is 2.38. The van der Waals surface area contributed by atoms with Crippen molar-refractivity contribution in [2.75, 3.05) is 13.2 Å². The summed E-state index contributed by atoms with van der Waals surface area (Å²) in [5, 5.41) is 27.6. The van der Waals surface area contributed by atoms with Gasteiger partial charge >= 0.3 is 0 Å². The van der Waals surface area contributed by atoms with Gasteiger partial charge in [-0.25, -0.2) is 0 Å². The molecule has 16 heavy (non-hydrogen) atoms. The maximum absolute atomic E-state index is 10.7. The number of hydrogen-bond donors (Lipinski definition) is 4. The summed E-state index contributed by atoms with van der Waals surface area (Å²) in [7, 11) is 0. The number of aromatic hydroxyl groups is 2. The predicted octanol–water partition coefficient (Wildman–Crippen LogP) is -0.503. The SMILES string of the molecule is NC(=O)Cc1ccc(O)c(OCCO)c1O. The van der Waals surface area contributed by atoms with Crippen LogP contribution >= 0.6 is 0 Å². The minimum atomic E-state index is -0.603. The second kappa shape index (κ2) is 5.22. The molecule has 0 aliphatic carbocycles. The molecule has 0 aromatic heterocycles. The van der Waals surface area contributed by atoms with Crippen molar-refractivity contribution in [2.24, 2.45) is 5.73 Å². The van der Waals surface area contributed by atoms with E-state index in [9.17, 15) is 15.0 Å². The van der Waals surface area contributed by atoms with E-state index in [4.69, 9.17) is 15.6 Å². The van der Waals surface area contributed by atoms with E-state index < -0.39 is 5.91 Å². The minimum Gasteiger partial charge on any atom is -0.504 e. The van der Waals surface area contributed by atoms with Gasteiger partial charge in [-0.15, -0.1) is 0 Å². The van der Waals surface area contributed by atoms with E-state index in [1.54, 1.807) is 0 Å². The largest absolute Gasteiger partial charge is 0.504 e. The summed E-state index contributed by atoms with van der Waals surface area (Å²) in [4.78, 5) is 10.7. The summed E-state index contributed by atoms with van der Waals surface area (Å²) in [6.45, 7) is -0.319. The van der Waals surface area contributed by atoms with E-state index in [1.807, 2.05) is 0 Å². The lowest BCUT2D eigenvalue weighted by Crippen LogP contribution is -2.14. The number of phenols is 2. The Bertz CT molecular complexity index is 391. The molecule has 0 spiro atoms. The molecule has 0 aliphatic heterocycles. The fraction of sp³-hybridized carbons (Fsp3) is 0.300. The van der Waals surface area contributed by atoms with Crippen LogP contribution in [0.3, 0.4) is 0 Å². The average Bonchev–Trinajstić information content (AvgIpc) is 2.22. The fourth-order valence-corrected chi connectivity index (χ4v) is 1.22. The first-order valence-electron chi connectivity index (χ1n) is 4.62. The predicted molar refractivity (Wildman–Crippen MR) is 55.3 cm³/mol. The molecule has 0 radical (unpaired) electrons. The fourth-order valence-electron chi connectivity index (χ4n) is 1.22. The normalized spacial score (nSPS) is 10.1. The van der Waals surface area contributed by atoms with Crippen molar-refractivity contribution in [2.45, 2.75) is 6.42 Å². The molecule has 0 fully saturated rings. The maximum atomic E-state index is 10.7. The van der Waals surface area contributed by atoms with Crippen LogP contribution in [0.4, 0.5) is 0 Å². The number of amides is 1. The first kappa shape index (κ1) is 12.1. The number of rotatable bonds is 5. The number of phenolic OH excluding ortho intramolecular Hbond substituents is 2. The van der Waals surface area contributed by atoms with Crippen LogP contribution in [0.2, 0.25) is 0 Å². The molecule has 0 aliphatic rings. The lowest BCUT2D eigenvalue weighted by atomic mass is 10.1. The van der Waals surface area contributed by atoms with Gasteiger partial charge in [0.1, 0.15) is 6.61 Å². The number of hydrogen-bond acceptors (Lipinski definition) is 5. The molecule has 6 heteroatoms. The molecule has 0 bridgehead atoms. The maximum Gasteiger partial charge on any atom is 0.221 e. The van der Waals surface area contributed by atoms with Crippen molar-refractivity contribution in [1.29, 1.82) is 0 Å². The van der Waals surface area contributed by atoms with Gasteiger partial charge in [-0.2, -0.15) is 0 Å². The summed E-state index contributed by atoms with van der Waals surface area (Å²) in [6.07, 6.45) is -0.151. The van der Waals surface area contributed by atoms with Crippen molar-refractivity contribution in [3.05, 3.63) is 17.7 Å². The third-order valence-electron chi connectivity index (χ3n) is 1.90. The molecule has 0 unspecified atom stereocenters. The number of ether oxygens (including phenoxy) is 1. The first-order valence-corrected chi connectivity index (χ1v) is 4.62. The summed E-state index contributed by atoms with van der Waals surface area (Å²) >= 11 is 0. The van der Waals surface area contributed by atoms with Crippen molar-refractivity contribution in [3.63, 3.8) is 0 Å². The third-order valence-corrected chi connectivity index (χ3v) is 1.90. The van der Waals surface area contributed by atoms with E-state index in [0.717, 1.165) is 0 Å². The summed E-state index contributed by atoms with van der Waals surface area (Å²) in [5.41, 5.74) is 5.25. The standard InChI is InChI=1S/C10H13NO5/c11-8(14)5-6-1-2-7(13)10(9(6)15)16-4-3-12/h1-2,12-13,15H,3-5H2,(H2,11,14). The quantitative estimate of drug-likeness (QED) is 0.541. The molecule has 1 aromatic carbocycles. The number of nitrogens with two attached hydrogens (primary N) is 1. The zero-order valence-corrected chi connectivity index (χ0v) is 8.51. The molecule has 0 saturated heterocycles. The van der Waals surface area contributed by atoms with E-state index in [0.29, 0.717) is 0 Å². The van der Waals surface area contributed by atoms with Crippen molar-refractivity contribution >= 4 is 5.91 Å². The molecule has 1 amide bonds. The zero-order valence-electron chi connectivity index (χ0n) is 8.51. The van der Waals surface area contributed by atoms with Crippen molar-refractivity contribution in [1.82, 2.24) is 0 Å². The molecule has 6 nitrogen and oxygen atoms in total. The topological polar surface area (TPSA) is 113 Å². The van der Waals surface area contributed by atoms with E-state index in [1.165, 1.54) is 12.1 Å². The Morgan fingerprint density at radius 1 is 1.38 bits per heavy atom. The Kier molecular flexibility index (Phi) is 3.96. The molecule has 1 rings (SSSR count). The summed E-state index contributed by atoms with van der Waals surface area (Å²) in [5.74, 6) is -1.37. The number of benzene rings is 1. The number of carbonyl (C=O) groups excluding carboxylic acids is 1. The molecule has 88 valence electrons. The lowest BCUT2D eigenvalue weighted by molar-refractivity contribution is -0.117. The third kappa shape index (κ3) is 2.77. The highest BCUT2D eigenvalue weighted by atomic mass is 16.5. The van der Waals surface area contributed by atoms with Crippen LogP contribution in [0.5, 0.6) is 17.2 Å². The molecular formula is C10H13NO5. The van der Waals surface area contributed by atoms with Gasteiger partial charge < -0.3 is 25.8 Å². The Hall–Kier alpha value is -1.95. The molecule has 0 heterocycles. The van der Waals surface area contributed by atoms with E-state index >= 15 is 0 Å². The van der Waals surface area contributed by atoms with E-state index in [-0.39, 0.29) is 42.4 Å². The Labute approximate surface area is 91.9 Å². The second-order valence-corrected chi connectivity index (χ2v) is 3.14. The van der Waals surface area contributed by atoms with Crippen LogP contribution in [0.25, 0.3) is 0 Å². The van der Waals surface area contributed by atoms with Gasteiger partial charge in [0.2, 0.25) is 11.7 Å². The Morgan fingerprint density at radius 3 is 2.62 bits per heavy atom. The van der Waals surface area contributed by atoms with Crippen molar-refractivity contribution < 1.29 is 24.9 Å². The molecule has 1 aromatic rings. The summed E-state index contributed by atoms with van der Waals surface area (Å²) < 4.78 is 4.94.